The largest absolute Gasteiger partial charge is 0.333 e. The molecule has 0 spiro atoms. The van der Waals surface area contributed by atoms with Gasteiger partial charge in [0.25, 0.3) is 11.5 Å². The Bertz CT molecular complexity index is 469. The Hall–Kier alpha value is -2.02. The highest BCUT2D eigenvalue weighted by Crippen LogP contribution is 2.14. The molecule has 1 aliphatic heterocycles. The van der Waals surface area contributed by atoms with Crippen LogP contribution in [0.1, 0.15) is 18.9 Å². The fourth-order valence-electron chi connectivity index (χ4n) is 1.52. The lowest BCUT2D eigenvalue weighted by Crippen LogP contribution is -2.44. The standard InChI is InChI=1S/C9H9N3O3.CH5N/c13-7-4-3-6(9(15)11-7)12-8(14)2-1-5-10-12;1-2/h1-2,5-6H,3-4H2,(H,11,13,15);2H2,1H3. The Morgan fingerprint density at radius 3 is 2.71 bits per heavy atom. The van der Waals surface area contributed by atoms with Gasteiger partial charge in [0.1, 0.15) is 6.04 Å². The lowest BCUT2D eigenvalue weighted by atomic mass is 10.1. The van der Waals surface area contributed by atoms with Crippen molar-refractivity contribution < 1.29 is 9.59 Å². The van der Waals surface area contributed by atoms with Crippen molar-refractivity contribution in [1.82, 2.24) is 15.1 Å². The van der Waals surface area contributed by atoms with Gasteiger partial charge in [0.05, 0.1) is 0 Å². The number of hydrogen-bond donors (Lipinski definition) is 2. The molecule has 0 radical (unpaired) electrons. The molecule has 0 saturated carbocycles. The van der Waals surface area contributed by atoms with Crippen LogP contribution in [0.4, 0.5) is 0 Å². The molecular weight excluding hydrogens is 224 g/mol. The molecule has 92 valence electrons. The molecule has 1 unspecified atom stereocenters. The van der Waals surface area contributed by atoms with Crippen LogP contribution in [0.5, 0.6) is 0 Å². The van der Waals surface area contributed by atoms with Crippen LogP contribution < -0.4 is 16.6 Å². The summed E-state index contributed by atoms with van der Waals surface area (Å²) < 4.78 is 1.10. The number of imide groups is 1. The molecule has 2 amide bonds. The Balaban J connectivity index is 0.000000686. The van der Waals surface area contributed by atoms with Crippen LogP contribution >= 0.6 is 0 Å². The predicted molar refractivity (Wildman–Crippen MR) is 60.0 cm³/mol. The zero-order chi connectivity index (χ0) is 12.8. The minimum Gasteiger partial charge on any atom is -0.333 e. The van der Waals surface area contributed by atoms with Gasteiger partial charge in [0.15, 0.2) is 0 Å². The van der Waals surface area contributed by atoms with Crippen molar-refractivity contribution >= 4 is 11.8 Å². The second-order valence-corrected chi connectivity index (χ2v) is 3.27. The zero-order valence-electron chi connectivity index (χ0n) is 9.42. The van der Waals surface area contributed by atoms with Crippen LogP contribution in [0.15, 0.2) is 23.1 Å². The van der Waals surface area contributed by atoms with E-state index in [1.165, 1.54) is 25.4 Å². The van der Waals surface area contributed by atoms with Crippen LogP contribution in [-0.2, 0) is 9.59 Å². The van der Waals surface area contributed by atoms with E-state index in [0.29, 0.717) is 6.42 Å². The van der Waals surface area contributed by atoms with E-state index >= 15 is 0 Å². The molecule has 0 aromatic carbocycles. The normalized spacial score (nSPS) is 19.1. The van der Waals surface area contributed by atoms with E-state index in [9.17, 15) is 14.4 Å². The highest BCUT2D eigenvalue weighted by Gasteiger charge is 2.29. The third-order valence-electron chi connectivity index (χ3n) is 2.25. The Morgan fingerprint density at radius 1 is 1.41 bits per heavy atom. The summed E-state index contributed by atoms with van der Waals surface area (Å²) in [5, 5.41) is 5.99. The van der Waals surface area contributed by atoms with Crippen molar-refractivity contribution in [2.45, 2.75) is 18.9 Å². The number of amides is 2. The Kier molecular flexibility index (Phi) is 4.53. The maximum Gasteiger partial charge on any atom is 0.267 e. The predicted octanol–water partition coefficient (Wildman–Crippen LogP) is -1.20. The van der Waals surface area contributed by atoms with Crippen molar-refractivity contribution in [3.63, 3.8) is 0 Å². The lowest BCUT2D eigenvalue weighted by molar-refractivity contribution is -0.136. The molecule has 0 aliphatic carbocycles. The van der Waals surface area contributed by atoms with E-state index < -0.39 is 11.9 Å². The second kappa shape index (κ2) is 5.90. The molecule has 1 aromatic heterocycles. The van der Waals surface area contributed by atoms with Gasteiger partial charge in [-0.3, -0.25) is 19.7 Å². The van der Waals surface area contributed by atoms with Crippen LogP contribution in [0, 0.1) is 0 Å². The number of aromatic nitrogens is 2. The number of piperidine rings is 1. The van der Waals surface area contributed by atoms with E-state index in [2.05, 4.69) is 16.1 Å². The van der Waals surface area contributed by atoms with Crippen molar-refractivity contribution in [3.05, 3.63) is 28.7 Å². The first-order valence-electron chi connectivity index (χ1n) is 5.14. The molecule has 1 aromatic rings. The van der Waals surface area contributed by atoms with Crippen LogP contribution in [0.3, 0.4) is 0 Å². The van der Waals surface area contributed by atoms with Gasteiger partial charge >= 0.3 is 0 Å². The van der Waals surface area contributed by atoms with Crippen molar-refractivity contribution in [2.24, 2.45) is 5.73 Å². The summed E-state index contributed by atoms with van der Waals surface area (Å²) in [6, 6.07) is 2.16. The van der Waals surface area contributed by atoms with E-state index in [1.54, 1.807) is 0 Å². The summed E-state index contributed by atoms with van der Waals surface area (Å²) in [5.41, 5.74) is 4.16. The average Bonchev–Trinajstić information content (AvgIpc) is 2.33. The second-order valence-electron chi connectivity index (χ2n) is 3.27. The van der Waals surface area contributed by atoms with E-state index in [4.69, 9.17) is 0 Å². The number of nitrogens with zero attached hydrogens (tertiary/aromatic N) is 2. The quantitative estimate of drug-likeness (QED) is 0.597. The average molecular weight is 238 g/mol. The number of nitrogens with two attached hydrogens (primary N) is 1. The molecule has 1 atom stereocenters. The molecule has 17 heavy (non-hydrogen) atoms. The van der Waals surface area contributed by atoms with E-state index in [1.807, 2.05) is 0 Å². The third kappa shape index (κ3) is 2.97. The van der Waals surface area contributed by atoms with Gasteiger partial charge in [0.2, 0.25) is 5.91 Å². The molecule has 0 bridgehead atoms. The molecule has 2 rings (SSSR count). The van der Waals surface area contributed by atoms with Gasteiger partial charge in [-0.1, -0.05) is 0 Å². The van der Waals surface area contributed by atoms with Gasteiger partial charge in [-0.2, -0.15) is 5.10 Å². The number of hydrogen-bond acceptors (Lipinski definition) is 5. The van der Waals surface area contributed by atoms with Gasteiger partial charge in [-0.05, 0) is 19.5 Å². The first-order valence-corrected chi connectivity index (χ1v) is 5.14. The van der Waals surface area contributed by atoms with Gasteiger partial charge in [0, 0.05) is 18.7 Å². The molecule has 1 aliphatic rings. The van der Waals surface area contributed by atoms with Crippen LogP contribution in [-0.4, -0.2) is 28.6 Å². The molecule has 2 heterocycles. The molecule has 7 heteroatoms. The summed E-state index contributed by atoms with van der Waals surface area (Å²) in [6.45, 7) is 0. The lowest BCUT2D eigenvalue weighted by Gasteiger charge is -2.21. The molecule has 3 N–H and O–H groups in total. The maximum absolute atomic E-state index is 11.4. The van der Waals surface area contributed by atoms with Crippen LogP contribution in [0.25, 0.3) is 0 Å². The highest BCUT2D eigenvalue weighted by molar-refractivity contribution is 5.99. The molecule has 1 saturated heterocycles. The number of carbonyl (C=O) groups excluding carboxylic acids is 2. The summed E-state index contributed by atoms with van der Waals surface area (Å²) in [6.07, 6.45) is 1.99. The summed E-state index contributed by atoms with van der Waals surface area (Å²) in [4.78, 5) is 33.7. The molecular formula is C10H14N4O3. The zero-order valence-corrected chi connectivity index (χ0v) is 9.42. The highest BCUT2D eigenvalue weighted by atomic mass is 16.2. The monoisotopic (exact) mass is 238 g/mol. The minimum atomic E-state index is -0.670. The summed E-state index contributed by atoms with van der Waals surface area (Å²) in [7, 11) is 1.50. The fourth-order valence-corrected chi connectivity index (χ4v) is 1.52. The Morgan fingerprint density at radius 2 is 2.12 bits per heavy atom. The number of carbonyl (C=O) groups is 2. The first-order chi connectivity index (χ1) is 8.18. The van der Waals surface area contributed by atoms with Gasteiger partial charge in [-0.15, -0.1) is 0 Å². The van der Waals surface area contributed by atoms with E-state index in [0.717, 1.165) is 4.68 Å². The Labute approximate surface area is 97.6 Å². The van der Waals surface area contributed by atoms with Crippen molar-refractivity contribution in [3.8, 4) is 0 Å². The van der Waals surface area contributed by atoms with Crippen LogP contribution in [0.2, 0.25) is 0 Å². The van der Waals surface area contributed by atoms with Gasteiger partial charge < -0.3 is 5.73 Å². The molecule has 1 fully saturated rings. The number of rotatable bonds is 1. The molecule has 7 nitrogen and oxygen atoms in total. The fraction of sp³-hybridized carbons (Fsp3) is 0.400. The third-order valence-corrected chi connectivity index (χ3v) is 2.25. The topological polar surface area (TPSA) is 107 Å². The smallest absolute Gasteiger partial charge is 0.267 e. The van der Waals surface area contributed by atoms with Crippen molar-refractivity contribution in [1.29, 1.82) is 0 Å². The summed E-state index contributed by atoms with van der Waals surface area (Å²) in [5.74, 6) is -0.771. The minimum absolute atomic E-state index is 0.236. The number of nitrogens with one attached hydrogen (secondary N) is 1. The van der Waals surface area contributed by atoms with Crippen molar-refractivity contribution in [2.75, 3.05) is 7.05 Å². The van der Waals surface area contributed by atoms with E-state index in [-0.39, 0.29) is 17.9 Å². The summed E-state index contributed by atoms with van der Waals surface area (Å²) >= 11 is 0. The SMILES string of the molecule is CN.O=C1CCC(n2ncccc2=O)C(=O)N1. The first kappa shape index (κ1) is 13.0. The maximum atomic E-state index is 11.4. The van der Waals surface area contributed by atoms with Gasteiger partial charge in [-0.25, -0.2) is 4.68 Å².